The zero-order valence-corrected chi connectivity index (χ0v) is 15.6. The van der Waals surface area contributed by atoms with Gasteiger partial charge in [-0.3, -0.25) is 5.41 Å². The minimum Gasteiger partial charge on any atom is -0.492 e. The molecule has 1 aromatic heterocycles. The number of nitrogens with one attached hydrogen (secondary N) is 3. The molecule has 0 atom stereocenters. The molecule has 0 spiro atoms. The molecule has 27 heavy (non-hydrogen) atoms. The number of aromatic nitrogens is 1. The molecule has 4 N–H and O–H groups in total. The van der Waals surface area contributed by atoms with E-state index >= 15 is 0 Å². The second kappa shape index (κ2) is 8.05. The van der Waals surface area contributed by atoms with E-state index in [1.165, 1.54) is 12.1 Å². The van der Waals surface area contributed by atoms with Crippen molar-refractivity contribution in [2.24, 2.45) is 0 Å². The molecule has 0 saturated heterocycles. The Morgan fingerprint density at radius 2 is 1.96 bits per heavy atom. The molecule has 1 heterocycles. The number of amidine groups is 1. The van der Waals surface area contributed by atoms with E-state index in [4.69, 9.17) is 10.1 Å². The van der Waals surface area contributed by atoms with Crippen LogP contribution in [0.3, 0.4) is 0 Å². The maximum absolute atomic E-state index is 14.4. The number of aromatic hydroxyl groups is 1. The third kappa shape index (κ3) is 4.53. The fourth-order valence-electron chi connectivity index (χ4n) is 2.36. The maximum atomic E-state index is 14.4. The lowest BCUT2D eigenvalue weighted by molar-refractivity contribution is 0.442. The smallest absolute Gasteiger partial charge is 0.236 e. The lowest BCUT2D eigenvalue weighted by Gasteiger charge is -2.13. The van der Waals surface area contributed by atoms with Gasteiger partial charge in [0.2, 0.25) is 5.88 Å². The van der Waals surface area contributed by atoms with Crippen LogP contribution < -0.4 is 15.4 Å². The molecule has 140 valence electrons. The second-order valence-corrected chi connectivity index (χ2v) is 6.84. The Labute approximate surface area is 160 Å². The summed E-state index contributed by atoms with van der Waals surface area (Å²) in [6.07, 6.45) is 0. The summed E-state index contributed by atoms with van der Waals surface area (Å²) in [5, 5.41) is 24.4. The molecular formula is C19H19FN4O2S. The predicted octanol–water partition coefficient (Wildman–Crippen LogP) is 4.85. The van der Waals surface area contributed by atoms with Gasteiger partial charge in [-0.2, -0.15) is 4.37 Å². The number of halogens is 1. The Balaban J connectivity index is 1.79. The number of ether oxygens (including phenoxy) is 1. The van der Waals surface area contributed by atoms with Gasteiger partial charge in [-0.25, -0.2) is 4.39 Å². The SMILES string of the molecule is CC(C)NC(=N)c1c(O)nsc1Nc1ccc(Oc2ccccc2)c(F)c1. The Morgan fingerprint density at radius 3 is 2.63 bits per heavy atom. The summed E-state index contributed by atoms with van der Waals surface area (Å²) >= 11 is 0.993. The highest BCUT2D eigenvalue weighted by atomic mass is 32.1. The molecule has 0 aliphatic carbocycles. The van der Waals surface area contributed by atoms with Gasteiger partial charge in [0.25, 0.3) is 0 Å². The molecule has 3 rings (SSSR count). The van der Waals surface area contributed by atoms with Crippen LogP contribution in [0.25, 0.3) is 0 Å². The summed E-state index contributed by atoms with van der Waals surface area (Å²) < 4.78 is 23.8. The van der Waals surface area contributed by atoms with Gasteiger partial charge in [0.15, 0.2) is 11.6 Å². The molecule has 0 amide bonds. The summed E-state index contributed by atoms with van der Waals surface area (Å²) in [5.41, 5.74) is 0.703. The van der Waals surface area contributed by atoms with Gasteiger partial charge in [-0.1, -0.05) is 18.2 Å². The van der Waals surface area contributed by atoms with E-state index in [0.717, 1.165) is 11.5 Å². The average molecular weight is 386 g/mol. The molecule has 0 bridgehead atoms. The first-order valence-corrected chi connectivity index (χ1v) is 9.05. The van der Waals surface area contributed by atoms with Crippen LogP contribution in [0.5, 0.6) is 17.4 Å². The standard InChI is InChI=1S/C19H19FN4O2S/c1-11(2)22-17(21)16-18(25)24-27-19(16)23-12-8-9-15(14(20)10-12)26-13-6-4-3-5-7-13/h3-11,23H,1-2H3,(H2,21,22)(H,24,25). The summed E-state index contributed by atoms with van der Waals surface area (Å²) in [7, 11) is 0. The highest BCUT2D eigenvalue weighted by Gasteiger charge is 2.19. The van der Waals surface area contributed by atoms with Crippen LogP contribution >= 0.6 is 11.5 Å². The van der Waals surface area contributed by atoms with E-state index in [2.05, 4.69) is 15.0 Å². The highest BCUT2D eigenvalue weighted by Crippen LogP contribution is 2.34. The molecule has 0 saturated carbocycles. The predicted molar refractivity (Wildman–Crippen MR) is 105 cm³/mol. The molecule has 0 aliphatic rings. The minimum atomic E-state index is -0.533. The van der Waals surface area contributed by atoms with Crippen LogP contribution in [0.4, 0.5) is 15.1 Å². The van der Waals surface area contributed by atoms with Gasteiger partial charge in [-0.05, 0) is 49.6 Å². The van der Waals surface area contributed by atoms with E-state index in [-0.39, 0.29) is 29.1 Å². The number of hydrogen-bond donors (Lipinski definition) is 4. The number of para-hydroxylation sites is 1. The van der Waals surface area contributed by atoms with E-state index in [1.54, 1.807) is 30.3 Å². The third-order valence-corrected chi connectivity index (χ3v) is 4.27. The fourth-order valence-corrected chi connectivity index (χ4v) is 3.08. The van der Waals surface area contributed by atoms with Gasteiger partial charge in [0.1, 0.15) is 22.1 Å². The first kappa shape index (κ1) is 18.7. The minimum absolute atomic E-state index is 0.0245. The first-order valence-electron chi connectivity index (χ1n) is 8.27. The molecule has 3 aromatic rings. The van der Waals surface area contributed by atoms with Crippen LogP contribution in [0.1, 0.15) is 19.4 Å². The molecule has 2 aromatic carbocycles. The first-order chi connectivity index (χ1) is 12.9. The van der Waals surface area contributed by atoms with Crippen LogP contribution in [0.15, 0.2) is 48.5 Å². The number of benzene rings is 2. The normalized spacial score (nSPS) is 10.7. The molecule has 6 nitrogen and oxygen atoms in total. The van der Waals surface area contributed by atoms with Crippen molar-refractivity contribution in [1.82, 2.24) is 9.69 Å². The van der Waals surface area contributed by atoms with Crippen LogP contribution in [0.2, 0.25) is 0 Å². The second-order valence-electron chi connectivity index (χ2n) is 6.07. The summed E-state index contributed by atoms with van der Waals surface area (Å²) in [6, 6.07) is 13.4. The number of rotatable bonds is 6. The molecule has 0 fully saturated rings. The van der Waals surface area contributed by atoms with Gasteiger partial charge >= 0.3 is 0 Å². The van der Waals surface area contributed by atoms with Crippen LogP contribution in [0, 0.1) is 11.2 Å². The Bertz CT molecular complexity index is 944. The van der Waals surface area contributed by atoms with E-state index in [9.17, 15) is 9.50 Å². The number of anilines is 2. The van der Waals surface area contributed by atoms with Crippen molar-refractivity contribution in [3.63, 3.8) is 0 Å². The molecule has 0 radical (unpaired) electrons. The van der Waals surface area contributed by atoms with E-state index < -0.39 is 5.82 Å². The summed E-state index contributed by atoms with van der Waals surface area (Å²) in [5.74, 6) is -0.0868. The quantitative estimate of drug-likeness (QED) is 0.359. The van der Waals surface area contributed by atoms with Gasteiger partial charge in [-0.15, -0.1) is 0 Å². The van der Waals surface area contributed by atoms with Gasteiger partial charge in [0, 0.05) is 17.8 Å². The highest BCUT2D eigenvalue weighted by molar-refractivity contribution is 7.11. The average Bonchev–Trinajstić information content (AvgIpc) is 2.98. The van der Waals surface area contributed by atoms with Crippen molar-refractivity contribution in [3.8, 4) is 17.4 Å². The zero-order chi connectivity index (χ0) is 19.4. The number of nitrogens with zero attached hydrogens (tertiary/aromatic N) is 1. The Morgan fingerprint density at radius 1 is 1.22 bits per heavy atom. The van der Waals surface area contributed by atoms with E-state index in [0.29, 0.717) is 16.4 Å². The van der Waals surface area contributed by atoms with Crippen molar-refractivity contribution in [2.45, 2.75) is 19.9 Å². The lowest BCUT2D eigenvalue weighted by Crippen LogP contribution is -2.30. The molecule has 0 unspecified atom stereocenters. The van der Waals surface area contributed by atoms with Crippen molar-refractivity contribution in [1.29, 1.82) is 5.41 Å². The van der Waals surface area contributed by atoms with Crippen LogP contribution in [-0.4, -0.2) is 21.4 Å². The largest absolute Gasteiger partial charge is 0.492 e. The Hall–Kier alpha value is -3.13. The Kier molecular flexibility index (Phi) is 5.56. The van der Waals surface area contributed by atoms with Crippen molar-refractivity contribution in [3.05, 3.63) is 59.9 Å². The monoisotopic (exact) mass is 386 g/mol. The number of hydrogen-bond acceptors (Lipinski definition) is 6. The van der Waals surface area contributed by atoms with Crippen molar-refractivity contribution >= 4 is 28.1 Å². The lowest BCUT2D eigenvalue weighted by atomic mass is 10.2. The molecular weight excluding hydrogens is 367 g/mol. The fraction of sp³-hybridized carbons (Fsp3) is 0.158. The molecule has 0 aliphatic heterocycles. The topological polar surface area (TPSA) is 90.3 Å². The summed E-state index contributed by atoms with van der Waals surface area (Å²) in [6.45, 7) is 3.78. The molecule has 8 heteroatoms. The van der Waals surface area contributed by atoms with Gasteiger partial charge in [0.05, 0.1) is 0 Å². The summed E-state index contributed by atoms with van der Waals surface area (Å²) in [4.78, 5) is 0. The third-order valence-electron chi connectivity index (χ3n) is 3.52. The van der Waals surface area contributed by atoms with E-state index in [1.807, 2.05) is 19.9 Å². The zero-order valence-electron chi connectivity index (χ0n) is 14.8. The van der Waals surface area contributed by atoms with Gasteiger partial charge < -0.3 is 20.5 Å². The van der Waals surface area contributed by atoms with Crippen molar-refractivity contribution in [2.75, 3.05) is 5.32 Å². The van der Waals surface area contributed by atoms with Crippen LogP contribution in [-0.2, 0) is 0 Å². The van der Waals surface area contributed by atoms with Crippen molar-refractivity contribution < 1.29 is 14.2 Å². The maximum Gasteiger partial charge on any atom is 0.236 e.